The average Bonchev–Trinajstić information content (AvgIpc) is 3.36. The Morgan fingerprint density at radius 2 is 1.69 bits per heavy atom. The molecule has 4 rings (SSSR count). The zero-order valence-corrected chi connectivity index (χ0v) is 24.5. The Bertz CT molecular complexity index is 1470. The van der Waals surface area contributed by atoms with Crippen molar-refractivity contribution in [3.05, 3.63) is 47.4 Å². The number of aromatic nitrogens is 5. The molecule has 2 amide bonds. The number of amides is 2. The average molecular weight is 605 g/mol. The third-order valence-electron chi connectivity index (χ3n) is 5.91. The fourth-order valence-electron chi connectivity index (χ4n) is 4.09. The molecule has 1 N–H and O–H groups in total. The molecule has 0 spiro atoms. The fraction of sp³-hybridized carbons (Fsp3) is 0.444. The molecule has 1 fully saturated rings. The Balaban J connectivity index is 1.58. The number of carboxylic acids is 1. The lowest BCUT2D eigenvalue weighted by molar-refractivity contribution is -0.139. The molecule has 0 bridgehead atoms. The number of benzene rings is 1. The number of tetrazole rings is 1. The topological polar surface area (TPSA) is 159 Å². The first kappa shape index (κ1) is 30.6. The third-order valence-corrected chi connectivity index (χ3v) is 6.12. The molecule has 2 unspecified atom stereocenters. The van der Waals surface area contributed by atoms with E-state index in [1.54, 1.807) is 65.8 Å². The van der Waals surface area contributed by atoms with Crippen molar-refractivity contribution in [1.29, 1.82) is 0 Å². The molecule has 2 atom stereocenters. The number of carbonyl (C=O) groups excluding carboxylic acids is 2. The van der Waals surface area contributed by atoms with E-state index in [9.17, 15) is 23.9 Å². The second kappa shape index (κ2) is 11.2. The predicted molar refractivity (Wildman–Crippen MR) is 145 cm³/mol. The molecule has 13 nitrogen and oxygen atoms in total. The number of hydrogen-bond donors (Lipinski definition) is 1. The Hall–Kier alpha value is -4.33. The van der Waals surface area contributed by atoms with Crippen molar-refractivity contribution in [1.82, 2.24) is 30.1 Å². The number of halogens is 2. The lowest BCUT2D eigenvalue weighted by Gasteiger charge is -2.33. The molecule has 15 heteroatoms. The van der Waals surface area contributed by atoms with E-state index >= 15 is 0 Å². The quantitative estimate of drug-likeness (QED) is 0.371. The summed E-state index contributed by atoms with van der Waals surface area (Å²) in [4.78, 5) is 44.2. The van der Waals surface area contributed by atoms with Crippen molar-refractivity contribution in [2.75, 3.05) is 0 Å². The summed E-state index contributed by atoms with van der Waals surface area (Å²) in [6.07, 6.45) is -0.921. The molecule has 0 saturated heterocycles. The van der Waals surface area contributed by atoms with Crippen LogP contribution in [-0.2, 0) is 20.8 Å². The van der Waals surface area contributed by atoms with Gasteiger partial charge in [-0.15, -0.1) is 10.2 Å². The molecule has 0 aliphatic heterocycles. The van der Waals surface area contributed by atoms with Crippen LogP contribution in [-0.4, -0.2) is 70.1 Å². The molecule has 2 aromatic heterocycles. The summed E-state index contributed by atoms with van der Waals surface area (Å²) in [5.74, 6) is -2.86. The normalized spacial score (nSPS) is 18.2. The Labute approximate surface area is 245 Å². The summed E-state index contributed by atoms with van der Waals surface area (Å²) in [7, 11) is 0. The van der Waals surface area contributed by atoms with E-state index in [1.165, 1.54) is 6.20 Å². The van der Waals surface area contributed by atoms with Gasteiger partial charge in [-0.2, -0.15) is 4.80 Å². The van der Waals surface area contributed by atoms with Gasteiger partial charge in [0.15, 0.2) is 5.82 Å². The van der Waals surface area contributed by atoms with Crippen LogP contribution in [0.1, 0.15) is 48.0 Å². The molecule has 1 saturated carbocycles. The molecule has 1 aliphatic carbocycles. The first-order valence-electron chi connectivity index (χ1n) is 12.8. The van der Waals surface area contributed by atoms with Gasteiger partial charge in [-0.3, -0.25) is 4.79 Å². The van der Waals surface area contributed by atoms with E-state index in [-0.39, 0.29) is 35.4 Å². The predicted octanol–water partition coefficient (Wildman–Crippen LogP) is 5.34. The highest BCUT2D eigenvalue weighted by molar-refractivity contribution is 6.30. The first-order valence-corrected chi connectivity index (χ1v) is 13.2. The number of nitrogens with zero attached hydrogens (tertiary/aromatic N) is 6. The molecule has 2 heterocycles. The smallest absolute Gasteiger partial charge is 0.420 e. The second-order valence-corrected chi connectivity index (χ2v) is 12.1. The van der Waals surface area contributed by atoms with Crippen LogP contribution in [0, 0.1) is 11.7 Å². The van der Waals surface area contributed by atoms with Gasteiger partial charge in [-0.25, -0.2) is 23.9 Å². The number of imide groups is 1. The van der Waals surface area contributed by atoms with Gasteiger partial charge in [0.2, 0.25) is 5.82 Å². The monoisotopic (exact) mass is 604 g/mol. The molecule has 1 aromatic carbocycles. The van der Waals surface area contributed by atoms with Crippen molar-refractivity contribution < 1.29 is 38.1 Å². The summed E-state index contributed by atoms with van der Waals surface area (Å²) in [5, 5.41) is 22.4. The third kappa shape index (κ3) is 7.11. The van der Waals surface area contributed by atoms with Crippen LogP contribution in [0.4, 0.5) is 14.0 Å². The van der Waals surface area contributed by atoms with Crippen molar-refractivity contribution >= 4 is 29.8 Å². The summed E-state index contributed by atoms with van der Waals surface area (Å²) >= 11 is 5.72. The Morgan fingerprint density at radius 1 is 1.10 bits per heavy atom. The molecule has 0 radical (unpaired) electrons. The number of ether oxygens (including phenoxy) is 3. The van der Waals surface area contributed by atoms with Gasteiger partial charge in [0.25, 0.3) is 5.88 Å². The van der Waals surface area contributed by atoms with Crippen LogP contribution >= 0.6 is 11.6 Å². The van der Waals surface area contributed by atoms with E-state index in [1.807, 2.05) is 0 Å². The number of rotatable bonds is 7. The zero-order valence-electron chi connectivity index (χ0n) is 23.8. The fourth-order valence-corrected chi connectivity index (χ4v) is 4.23. The van der Waals surface area contributed by atoms with Gasteiger partial charge < -0.3 is 19.3 Å². The zero-order chi connectivity index (χ0) is 31.0. The highest BCUT2D eigenvalue weighted by Crippen LogP contribution is 2.51. The van der Waals surface area contributed by atoms with Gasteiger partial charge in [0.1, 0.15) is 17.0 Å². The summed E-state index contributed by atoms with van der Waals surface area (Å²) in [6.45, 7) is 9.45. The van der Waals surface area contributed by atoms with Gasteiger partial charge >= 0.3 is 18.2 Å². The number of hydrogen-bond acceptors (Lipinski definition) is 10. The van der Waals surface area contributed by atoms with E-state index < -0.39 is 46.6 Å². The maximum atomic E-state index is 14.0. The lowest BCUT2D eigenvalue weighted by atomic mass is 10.1. The number of carboxylic acid groups (broad SMARTS) is 1. The van der Waals surface area contributed by atoms with Crippen LogP contribution in [0.3, 0.4) is 0 Å². The van der Waals surface area contributed by atoms with E-state index in [2.05, 4.69) is 20.4 Å². The minimum Gasteiger partial charge on any atom is -0.481 e. The van der Waals surface area contributed by atoms with Crippen molar-refractivity contribution in [3.63, 3.8) is 0 Å². The Morgan fingerprint density at radius 3 is 2.19 bits per heavy atom. The van der Waals surface area contributed by atoms with Gasteiger partial charge in [-0.1, -0.05) is 11.6 Å². The summed E-state index contributed by atoms with van der Waals surface area (Å²) in [6, 6.07) is 7.37. The van der Waals surface area contributed by atoms with Crippen LogP contribution in [0.25, 0.3) is 11.4 Å². The minimum absolute atomic E-state index is 0.0704. The lowest BCUT2D eigenvalue weighted by Crippen LogP contribution is -2.53. The standard InChI is InChI=1S/C27H30ClFN6O7/c1-25(2,3)41-23(38)35(24(39)42-26(4,5)6)27(12-18(27)22(36)37)14-34-32-20(31-33-34)15-7-9-17(10-8-15)40-21-19(29)11-16(28)13-30-21/h7-11,13,18H,12,14H2,1-6H3,(H,36,37). The van der Waals surface area contributed by atoms with E-state index in [4.69, 9.17) is 25.8 Å². The molecular formula is C27H30ClFN6O7. The number of aliphatic carboxylic acids is 1. The van der Waals surface area contributed by atoms with Crippen molar-refractivity contribution in [3.8, 4) is 23.0 Å². The van der Waals surface area contributed by atoms with Crippen molar-refractivity contribution in [2.45, 2.75) is 71.2 Å². The van der Waals surface area contributed by atoms with Gasteiger partial charge in [-0.05, 0) is 83.5 Å². The minimum atomic E-state index is -1.57. The van der Waals surface area contributed by atoms with Crippen LogP contribution in [0.15, 0.2) is 36.5 Å². The van der Waals surface area contributed by atoms with E-state index in [0.29, 0.717) is 10.5 Å². The largest absolute Gasteiger partial charge is 0.481 e. The second-order valence-electron chi connectivity index (χ2n) is 11.7. The number of pyridine rings is 1. The van der Waals surface area contributed by atoms with Crippen molar-refractivity contribution in [2.24, 2.45) is 5.92 Å². The Kier molecular flexibility index (Phi) is 8.13. The number of carbonyl (C=O) groups is 3. The van der Waals surface area contributed by atoms with Gasteiger partial charge in [0, 0.05) is 11.8 Å². The molecular weight excluding hydrogens is 575 g/mol. The summed E-state index contributed by atoms with van der Waals surface area (Å²) in [5.41, 5.74) is -3.01. The summed E-state index contributed by atoms with van der Waals surface area (Å²) < 4.78 is 30.4. The van der Waals surface area contributed by atoms with Crippen LogP contribution in [0.5, 0.6) is 11.6 Å². The SMILES string of the molecule is CC(C)(C)OC(=O)N(C(=O)OC(C)(C)C)C1(Cn2nnc(-c3ccc(Oc4ncc(Cl)cc4F)cc3)n2)CC1C(=O)O. The first-order chi connectivity index (χ1) is 19.5. The highest BCUT2D eigenvalue weighted by atomic mass is 35.5. The molecule has 3 aromatic rings. The highest BCUT2D eigenvalue weighted by Gasteiger charge is 2.67. The maximum absolute atomic E-state index is 14.0. The maximum Gasteiger partial charge on any atom is 0.420 e. The van der Waals surface area contributed by atoms with E-state index in [0.717, 1.165) is 10.9 Å². The molecule has 42 heavy (non-hydrogen) atoms. The van der Waals surface area contributed by atoms with Crippen LogP contribution < -0.4 is 4.74 Å². The molecule has 224 valence electrons. The van der Waals surface area contributed by atoms with Gasteiger partial charge in [0.05, 0.1) is 23.0 Å². The molecule has 1 aliphatic rings. The van der Waals surface area contributed by atoms with Crippen LogP contribution in [0.2, 0.25) is 5.02 Å².